The minimum Gasteiger partial charge on any atom is -0.374 e. The van der Waals surface area contributed by atoms with Crippen molar-refractivity contribution in [2.24, 2.45) is 0 Å². The predicted molar refractivity (Wildman–Crippen MR) is 426 cm³/mol. The Balaban J connectivity index is 0.710. The van der Waals surface area contributed by atoms with Crippen molar-refractivity contribution >= 4 is 0 Å². The van der Waals surface area contributed by atoms with Crippen LogP contribution >= 0.6 is 0 Å². The first-order valence-electron chi connectivity index (χ1n) is 40.3. The van der Waals surface area contributed by atoms with Crippen molar-refractivity contribution in [1.29, 1.82) is 0 Å². The Morgan fingerprint density at radius 1 is 0.233 bits per heavy atom. The van der Waals surface area contributed by atoms with Gasteiger partial charge < -0.3 is 94.7 Å². The zero-order valence-corrected chi connectivity index (χ0v) is 64.9. The Morgan fingerprint density at radius 2 is 0.474 bits per heavy atom. The van der Waals surface area contributed by atoms with Gasteiger partial charge in [0.25, 0.3) is 0 Å². The van der Waals surface area contributed by atoms with Gasteiger partial charge >= 0.3 is 0 Å². The van der Waals surface area contributed by atoms with E-state index in [1.807, 2.05) is 291 Å². The molecule has 0 N–H and O–H groups in total. The third kappa shape index (κ3) is 19.4. The SMILES string of the molecule is c1ccc(COC2COC34COC5(CO3)OC(COCc3ccc(cc3)COC3C(OCc6ccccc6)C(OCc6ccccc6)COC36COC3(CO6)OC(COCc6ccc(cc6)COC4C2OCc2ccccc2)C(OCc2ccccc2)C3OCc2ccccc2)C(OCc2ccccc2)C5OCc2ccccc2)cc1. The molecule has 20 heteroatoms. The standard InChI is InChI=1S/C96H100O20/c1-9-25-69(26-10-1)51-99-81-63-109-93-65-113-95(67-111-93)91(107-57-75-37-21-7-22-38-75)87(103-55-73-33-17-5-18-34-73)83(115-95)61-98-50-78-43-47-80(48-44-78)60-106-90-86(102-54-72-31-15-4-16-32-72)82(100-52-70-27-11-2-12-28-70)64-110-94(90)66-114-96(68-112-94)92(108-58-76-39-23-8-24-40-76)88(104-56-74-35-19-6-20-36-74)84(116-96)62-97-49-77-41-45-79(46-42-77)59-105-89(93)85(81)101-53-71-29-13-3-14-30-71/h1-48,81-92H,49-68H2. The van der Waals surface area contributed by atoms with Crippen LogP contribution in [0.25, 0.3) is 0 Å². The Morgan fingerprint density at radius 3 is 0.750 bits per heavy atom. The van der Waals surface area contributed by atoms with Gasteiger partial charge in [-0.1, -0.05) is 291 Å². The number of benzene rings is 10. The lowest BCUT2D eigenvalue weighted by Gasteiger charge is -2.53. The van der Waals surface area contributed by atoms with Crippen molar-refractivity contribution < 1.29 is 94.7 Å². The predicted octanol–water partition coefficient (Wildman–Crippen LogP) is 14.6. The van der Waals surface area contributed by atoms with Crippen LogP contribution in [-0.2, 0) is 174 Å². The lowest BCUT2D eigenvalue weighted by atomic mass is 9.94. The van der Waals surface area contributed by atoms with Crippen molar-refractivity contribution in [1.82, 2.24) is 0 Å². The van der Waals surface area contributed by atoms with Gasteiger partial charge in [-0.3, -0.25) is 0 Å². The normalized spacial score (nSPS) is 29.6. The van der Waals surface area contributed by atoms with E-state index in [-0.39, 0.29) is 119 Å². The van der Waals surface area contributed by atoms with Crippen molar-refractivity contribution in [2.45, 2.75) is 176 Å². The summed E-state index contributed by atoms with van der Waals surface area (Å²) in [4.78, 5) is 0. The molecule has 0 amide bonds. The van der Waals surface area contributed by atoms with Crippen molar-refractivity contribution in [3.8, 4) is 0 Å². The maximum atomic E-state index is 7.32. The van der Waals surface area contributed by atoms with Crippen LogP contribution in [0.5, 0.6) is 0 Å². The van der Waals surface area contributed by atoms with Crippen LogP contribution in [-0.4, -0.2) is 149 Å². The van der Waals surface area contributed by atoms with Gasteiger partial charge in [0.05, 0.1) is 106 Å². The second kappa shape index (κ2) is 38.4. The quantitative estimate of drug-likeness (QED) is 0.0556. The molecular formula is C96H100O20. The second-order valence-corrected chi connectivity index (χ2v) is 30.6. The molecule has 10 aromatic rings. The van der Waals surface area contributed by atoms with E-state index in [0.29, 0.717) is 13.2 Å². The molecule has 20 nitrogen and oxygen atoms in total. The van der Waals surface area contributed by atoms with E-state index in [9.17, 15) is 0 Å². The fraction of sp³-hybridized carbons (Fsp3) is 0.375. The van der Waals surface area contributed by atoms with Gasteiger partial charge in [0.2, 0.25) is 23.1 Å². The molecule has 10 aromatic carbocycles. The smallest absolute Gasteiger partial charge is 0.222 e. The summed E-state index contributed by atoms with van der Waals surface area (Å²) in [5.41, 5.74) is 11.3. The monoisotopic (exact) mass is 1570 g/mol. The lowest BCUT2D eigenvalue weighted by molar-refractivity contribution is -0.439. The highest BCUT2D eigenvalue weighted by Gasteiger charge is 2.68. The van der Waals surface area contributed by atoms with Gasteiger partial charge in [-0.2, -0.15) is 0 Å². The molecule has 16 atom stereocenters. The summed E-state index contributed by atoms with van der Waals surface area (Å²) >= 11 is 0. The highest BCUT2D eigenvalue weighted by atomic mass is 16.8. The van der Waals surface area contributed by atoms with Crippen LogP contribution in [0.1, 0.15) is 66.8 Å². The molecule has 6 saturated heterocycles. The topological polar surface area (TPSA) is 185 Å². The van der Waals surface area contributed by atoms with Gasteiger partial charge in [-0.25, -0.2) is 0 Å². The van der Waals surface area contributed by atoms with Gasteiger partial charge in [0.15, 0.2) is 0 Å². The van der Waals surface area contributed by atoms with Crippen LogP contribution in [0.2, 0.25) is 0 Å². The summed E-state index contributed by atoms with van der Waals surface area (Å²) in [7, 11) is 0. The van der Waals surface area contributed by atoms with E-state index in [2.05, 4.69) is 0 Å². The first kappa shape index (κ1) is 79.8. The minimum absolute atomic E-state index is 0.0838. The molecule has 4 spiro atoms. The summed E-state index contributed by atoms with van der Waals surface area (Å²) in [5.74, 6) is -6.20. The van der Waals surface area contributed by atoms with Gasteiger partial charge in [0.1, 0.15) is 99.7 Å². The average Bonchev–Trinajstić information content (AvgIpc) is 1.47. The van der Waals surface area contributed by atoms with E-state index in [1.54, 1.807) is 0 Å². The summed E-state index contributed by atoms with van der Waals surface area (Å²) in [5, 5.41) is 0. The fourth-order valence-corrected chi connectivity index (χ4v) is 16.2. The zero-order valence-electron chi connectivity index (χ0n) is 64.9. The van der Waals surface area contributed by atoms with Crippen LogP contribution in [0, 0.1) is 0 Å². The molecule has 23 rings (SSSR count). The Bertz CT molecular complexity index is 4280. The maximum Gasteiger partial charge on any atom is 0.222 e. The van der Waals surface area contributed by atoms with E-state index in [0.717, 1.165) is 66.8 Å². The highest BCUT2D eigenvalue weighted by Crippen LogP contribution is 2.48. The summed E-state index contributed by atoms with van der Waals surface area (Å²) < 4.78 is 142. The Labute approximate surface area is 677 Å². The molecule has 0 aromatic heterocycles. The lowest BCUT2D eigenvalue weighted by Crippen LogP contribution is -2.70. The number of hydrogen-bond acceptors (Lipinski definition) is 20. The van der Waals surface area contributed by atoms with E-state index < -0.39 is 96.4 Å². The van der Waals surface area contributed by atoms with Gasteiger partial charge in [0, 0.05) is 0 Å². The van der Waals surface area contributed by atoms with Crippen LogP contribution in [0.3, 0.4) is 0 Å². The molecule has 13 aliphatic heterocycles. The maximum absolute atomic E-state index is 7.32. The number of hydrogen-bond donors (Lipinski definition) is 0. The third-order valence-corrected chi connectivity index (χ3v) is 22.5. The molecule has 13 aliphatic rings. The molecule has 116 heavy (non-hydrogen) atoms. The summed E-state index contributed by atoms with van der Waals surface area (Å²) in [6.07, 6.45) is -9.23. The van der Waals surface area contributed by atoms with Gasteiger partial charge in [-0.05, 0) is 66.8 Å². The van der Waals surface area contributed by atoms with Crippen LogP contribution in [0.4, 0.5) is 0 Å². The fourth-order valence-electron chi connectivity index (χ4n) is 16.2. The second-order valence-electron chi connectivity index (χ2n) is 30.6. The summed E-state index contributed by atoms with van der Waals surface area (Å²) in [6.45, 7) is 2.39. The molecule has 0 radical (unpaired) electrons. The molecular weight excluding hydrogens is 1470 g/mol. The molecule has 13 heterocycles. The first-order valence-corrected chi connectivity index (χ1v) is 40.3. The largest absolute Gasteiger partial charge is 0.374 e. The van der Waals surface area contributed by atoms with Crippen LogP contribution < -0.4 is 0 Å². The minimum atomic E-state index is -1.56. The number of ether oxygens (including phenoxy) is 20. The van der Waals surface area contributed by atoms with Crippen molar-refractivity contribution in [3.63, 3.8) is 0 Å². The Kier molecular flexibility index (Phi) is 26.4. The molecule has 16 unspecified atom stereocenters. The molecule has 10 bridgehead atoms. The van der Waals surface area contributed by atoms with Crippen molar-refractivity contribution in [3.05, 3.63) is 358 Å². The van der Waals surface area contributed by atoms with E-state index >= 15 is 0 Å². The molecule has 0 aliphatic carbocycles. The highest BCUT2D eigenvalue weighted by molar-refractivity contribution is 5.26. The molecule has 604 valence electrons. The third-order valence-electron chi connectivity index (χ3n) is 22.5. The first-order chi connectivity index (χ1) is 57.3. The van der Waals surface area contributed by atoms with Crippen molar-refractivity contribution in [2.75, 3.05) is 52.9 Å². The van der Waals surface area contributed by atoms with Gasteiger partial charge in [-0.15, -0.1) is 0 Å². The molecule has 6 fully saturated rings. The van der Waals surface area contributed by atoms with E-state index in [4.69, 9.17) is 94.7 Å². The van der Waals surface area contributed by atoms with E-state index in [1.165, 1.54) is 0 Å². The summed E-state index contributed by atoms with van der Waals surface area (Å²) in [6, 6.07) is 96.6. The van der Waals surface area contributed by atoms with Crippen LogP contribution in [0.15, 0.2) is 291 Å². The number of rotatable bonds is 24. The zero-order chi connectivity index (χ0) is 78.1. The average molecular weight is 1570 g/mol. The Hall–Kier alpha value is -8.60. The molecule has 0 saturated carbocycles.